The lowest BCUT2D eigenvalue weighted by Gasteiger charge is -2.33. The summed E-state index contributed by atoms with van der Waals surface area (Å²) < 4.78 is 2.30. The highest BCUT2D eigenvalue weighted by Gasteiger charge is 2.22. The molecule has 1 atom stereocenters. The maximum absolute atomic E-state index is 4.79. The summed E-state index contributed by atoms with van der Waals surface area (Å²) >= 11 is 0. The predicted octanol–water partition coefficient (Wildman–Crippen LogP) is 2.21. The summed E-state index contributed by atoms with van der Waals surface area (Å²) in [7, 11) is 2.18. The molecule has 0 spiro atoms. The Labute approximate surface area is 110 Å². The van der Waals surface area contributed by atoms with Crippen LogP contribution >= 0.6 is 0 Å². The zero-order chi connectivity index (χ0) is 13.1. The van der Waals surface area contributed by atoms with Crippen LogP contribution in [-0.4, -0.2) is 35.7 Å². The van der Waals surface area contributed by atoms with Crippen LogP contribution in [0.25, 0.3) is 0 Å². The van der Waals surface area contributed by atoms with E-state index in [1.807, 2.05) is 0 Å². The molecule has 4 nitrogen and oxygen atoms in total. The van der Waals surface area contributed by atoms with Crippen molar-refractivity contribution in [1.29, 1.82) is 0 Å². The lowest BCUT2D eigenvalue weighted by atomic mass is 10.1. The Morgan fingerprint density at radius 2 is 2.33 bits per heavy atom. The van der Waals surface area contributed by atoms with Crippen molar-refractivity contribution in [2.75, 3.05) is 25.0 Å². The lowest BCUT2D eigenvalue weighted by molar-refractivity contribution is 0.435. The summed E-state index contributed by atoms with van der Waals surface area (Å²) in [5.41, 5.74) is 1.19. The van der Waals surface area contributed by atoms with E-state index in [1.165, 1.54) is 18.5 Å². The van der Waals surface area contributed by atoms with Crippen LogP contribution < -0.4 is 10.2 Å². The average molecular weight is 250 g/mol. The fraction of sp³-hybridized carbons (Fsp3) is 0.786. The molecule has 2 rings (SSSR count). The molecule has 1 aromatic heterocycles. The van der Waals surface area contributed by atoms with Gasteiger partial charge in [-0.15, -0.1) is 0 Å². The Balaban J connectivity index is 2.21. The number of hydrogen-bond acceptors (Lipinski definition) is 3. The molecule has 0 radical (unpaired) electrons. The number of nitrogens with one attached hydrogen (secondary N) is 1. The topological polar surface area (TPSA) is 33.1 Å². The Bertz CT molecular complexity index is 377. The van der Waals surface area contributed by atoms with Crippen molar-refractivity contribution >= 4 is 5.95 Å². The molecule has 0 amide bonds. The minimum absolute atomic E-state index is 0.465. The Hall–Kier alpha value is -1.03. The molecule has 0 aromatic carbocycles. The Kier molecular flexibility index (Phi) is 4.27. The van der Waals surface area contributed by atoms with E-state index in [0.29, 0.717) is 12.1 Å². The Morgan fingerprint density at radius 3 is 2.89 bits per heavy atom. The van der Waals surface area contributed by atoms with Crippen molar-refractivity contribution in [1.82, 2.24) is 14.9 Å². The molecule has 18 heavy (non-hydrogen) atoms. The number of aryl methyl sites for hydroxylation is 1. The highest BCUT2D eigenvalue weighted by atomic mass is 15.3. The SMILES string of the molecule is CCc1cn(C(C)C)c(N(C)C2CCCNC2)n1. The third kappa shape index (κ3) is 2.69. The van der Waals surface area contributed by atoms with E-state index in [4.69, 9.17) is 4.98 Å². The zero-order valence-corrected chi connectivity index (χ0v) is 12.1. The molecule has 2 heterocycles. The van der Waals surface area contributed by atoms with E-state index >= 15 is 0 Å². The van der Waals surface area contributed by atoms with E-state index in [1.54, 1.807) is 0 Å². The second kappa shape index (κ2) is 5.74. The van der Waals surface area contributed by atoms with Gasteiger partial charge in [-0.25, -0.2) is 4.98 Å². The van der Waals surface area contributed by atoms with Crippen molar-refractivity contribution < 1.29 is 0 Å². The summed E-state index contributed by atoms with van der Waals surface area (Å²) in [5, 5.41) is 3.48. The molecule has 0 aliphatic carbocycles. The molecule has 1 unspecified atom stereocenters. The molecule has 0 saturated carbocycles. The lowest BCUT2D eigenvalue weighted by Crippen LogP contribution is -2.45. The highest BCUT2D eigenvalue weighted by molar-refractivity contribution is 5.35. The van der Waals surface area contributed by atoms with Crippen LogP contribution in [0.4, 0.5) is 5.95 Å². The molecule has 1 fully saturated rings. The number of likely N-dealkylation sites (N-methyl/N-ethyl adjacent to an activating group) is 1. The van der Waals surface area contributed by atoms with Gasteiger partial charge in [-0.2, -0.15) is 0 Å². The van der Waals surface area contributed by atoms with E-state index < -0.39 is 0 Å². The molecule has 1 aliphatic heterocycles. The fourth-order valence-electron chi connectivity index (χ4n) is 2.57. The second-order valence-electron chi connectivity index (χ2n) is 5.50. The second-order valence-corrected chi connectivity index (χ2v) is 5.50. The van der Waals surface area contributed by atoms with E-state index in [2.05, 4.69) is 48.8 Å². The molecule has 4 heteroatoms. The van der Waals surface area contributed by atoms with E-state index in [9.17, 15) is 0 Å². The van der Waals surface area contributed by atoms with Gasteiger partial charge in [0.05, 0.1) is 5.69 Å². The van der Waals surface area contributed by atoms with Gasteiger partial charge in [0, 0.05) is 31.9 Å². The first kappa shape index (κ1) is 13.4. The van der Waals surface area contributed by atoms with Crippen molar-refractivity contribution in [2.24, 2.45) is 0 Å². The largest absolute Gasteiger partial charge is 0.341 e. The normalized spacial score (nSPS) is 20.4. The van der Waals surface area contributed by atoms with Gasteiger partial charge in [0.2, 0.25) is 5.95 Å². The molecule has 1 aromatic rings. The third-order valence-electron chi connectivity index (χ3n) is 3.82. The number of aromatic nitrogens is 2. The minimum atomic E-state index is 0.465. The van der Waals surface area contributed by atoms with Gasteiger partial charge in [-0.3, -0.25) is 0 Å². The summed E-state index contributed by atoms with van der Waals surface area (Å²) in [6.45, 7) is 8.83. The Morgan fingerprint density at radius 1 is 1.56 bits per heavy atom. The standard InChI is InChI=1S/C14H26N4/c1-5-12-10-18(11(2)3)14(16-12)17(4)13-7-6-8-15-9-13/h10-11,13,15H,5-9H2,1-4H3. The zero-order valence-electron chi connectivity index (χ0n) is 12.1. The van der Waals surface area contributed by atoms with Crippen LogP contribution in [0.1, 0.15) is 45.3 Å². The van der Waals surface area contributed by atoms with Crippen molar-refractivity contribution in [3.8, 4) is 0 Å². The molecule has 1 N–H and O–H groups in total. The first-order valence-electron chi connectivity index (χ1n) is 7.14. The molecular formula is C14H26N4. The molecule has 1 aliphatic rings. The average Bonchev–Trinajstić information content (AvgIpc) is 2.83. The molecule has 0 bridgehead atoms. The fourth-order valence-corrected chi connectivity index (χ4v) is 2.57. The van der Waals surface area contributed by atoms with Gasteiger partial charge in [0.1, 0.15) is 0 Å². The number of nitrogens with zero attached hydrogens (tertiary/aromatic N) is 3. The molecular weight excluding hydrogens is 224 g/mol. The highest BCUT2D eigenvalue weighted by Crippen LogP contribution is 2.22. The van der Waals surface area contributed by atoms with Crippen LogP contribution in [-0.2, 0) is 6.42 Å². The van der Waals surface area contributed by atoms with Crippen LogP contribution in [0.2, 0.25) is 0 Å². The first-order chi connectivity index (χ1) is 8.63. The predicted molar refractivity (Wildman–Crippen MR) is 76.3 cm³/mol. The number of imidazole rings is 1. The van der Waals surface area contributed by atoms with Crippen LogP contribution in [0.5, 0.6) is 0 Å². The van der Waals surface area contributed by atoms with Crippen molar-refractivity contribution in [3.63, 3.8) is 0 Å². The number of anilines is 1. The minimum Gasteiger partial charge on any atom is -0.341 e. The van der Waals surface area contributed by atoms with Crippen LogP contribution in [0.15, 0.2) is 6.20 Å². The summed E-state index contributed by atoms with van der Waals surface area (Å²) in [6, 6.07) is 1.04. The van der Waals surface area contributed by atoms with Crippen molar-refractivity contribution in [2.45, 2.75) is 52.1 Å². The van der Waals surface area contributed by atoms with Gasteiger partial charge in [0.25, 0.3) is 0 Å². The smallest absolute Gasteiger partial charge is 0.205 e. The number of hydrogen-bond donors (Lipinski definition) is 1. The van der Waals surface area contributed by atoms with Gasteiger partial charge in [-0.05, 0) is 39.7 Å². The van der Waals surface area contributed by atoms with Crippen LogP contribution in [0, 0.1) is 0 Å². The van der Waals surface area contributed by atoms with E-state index in [0.717, 1.165) is 25.5 Å². The van der Waals surface area contributed by atoms with Crippen molar-refractivity contribution in [3.05, 3.63) is 11.9 Å². The third-order valence-corrected chi connectivity index (χ3v) is 3.82. The van der Waals surface area contributed by atoms with Gasteiger partial charge in [0.15, 0.2) is 0 Å². The van der Waals surface area contributed by atoms with Gasteiger partial charge >= 0.3 is 0 Å². The molecule has 1 saturated heterocycles. The maximum Gasteiger partial charge on any atom is 0.205 e. The molecule has 102 valence electrons. The summed E-state index contributed by atoms with van der Waals surface area (Å²) in [6.07, 6.45) is 5.73. The quantitative estimate of drug-likeness (QED) is 0.889. The first-order valence-corrected chi connectivity index (χ1v) is 7.14. The summed E-state index contributed by atoms with van der Waals surface area (Å²) in [5.74, 6) is 1.12. The van der Waals surface area contributed by atoms with E-state index in [-0.39, 0.29) is 0 Å². The van der Waals surface area contributed by atoms with Gasteiger partial charge < -0.3 is 14.8 Å². The van der Waals surface area contributed by atoms with Gasteiger partial charge in [-0.1, -0.05) is 6.92 Å². The maximum atomic E-state index is 4.79. The number of piperidine rings is 1. The number of rotatable bonds is 4. The van der Waals surface area contributed by atoms with Crippen LogP contribution in [0.3, 0.4) is 0 Å². The summed E-state index contributed by atoms with van der Waals surface area (Å²) in [4.78, 5) is 7.14. The monoisotopic (exact) mass is 250 g/mol.